The number of anilines is 2. The van der Waals surface area contributed by atoms with E-state index in [-0.39, 0.29) is 0 Å². The highest BCUT2D eigenvalue weighted by Crippen LogP contribution is 2.38. The van der Waals surface area contributed by atoms with E-state index in [1.807, 2.05) is 30.3 Å². The van der Waals surface area contributed by atoms with Crippen molar-refractivity contribution in [1.82, 2.24) is 9.97 Å². The van der Waals surface area contributed by atoms with Crippen LogP contribution in [0.25, 0.3) is 21.3 Å². The summed E-state index contributed by atoms with van der Waals surface area (Å²) in [7, 11) is 0. The zero-order chi connectivity index (χ0) is 16.5. The van der Waals surface area contributed by atoms with Crippen LogP contribution in [0.4, 0.5) is 11.5 Å². The third-order valence-electron chi connectivity index (χ3n) is 4.08. The van der Waals surface area contributed by atoms with E-state index in [2.05, 4.69) is 52.7 Å². The average Bonchev–Trinajstić information content (AvgIpc) is 3.01. The Labute approximate surface area is 145 Å². The standard InChI is InChI=1S/C20H17N3S/c1-13-8-9-16(14(2)10-13)17-11-24-20-18(17)19(21-12-22-20)23-15-6-4-3-5-7-15/h3-12H,1-2H3,(H,21,22,23). The largest absolute Gasteiger partial charge is 0.340 e. The maximum Gasteiger partial charge on any atom is 0.143 e. The highest BCUT2D eigenvalue weighted by molar-refractivity contribution is 7.17. The molecule has 0 unspecified atom stereocenters. The van der Waals surface area contributed by atoms with Gasteiger partial charge in [-0.05, 0) is 37.1 Å². The van der Waals surface area contributed by atoms with Crippen LogP contribution in [0.3, 0.4) is 0 Å². The van der Waals surface area contributed by atoms with Crippen LogP contribution in [0.5, 0.6) is 0 Å². The number of aromatic nitrogens is 2. The number of nitrogens with zero attached hydrogens (tertiary/aromatic N) is 2. The first kappa shape index (κ1) is 14.8. The zero-order valence-corrected chi connectivity index (χ0v) is 14.4. The van der Waals surface area contributed by atoms with Gasteiger partial charge in [0, 0.05) is 16.6 Å². The molecule has 1 N–H and O–H groups in total. The van der Waals surface area contributed by atoms with E-state index < -0.39 is 0 Å². The molecule has 2 aromatic heterocycles. The molecule has 2 aromatic carbocycles. The Kier molecular flexibility index (Phi) is 3.75. The molecule has 4 heteroatoms. The number of para-hydroxylation sites is 1. The first-order valence-electron chi connectivity index (χ1n) is 7.84. The van der Waals surface area contributed by atoms with E-state index in [0.717, 1.165) is 21.7 Å². The molecular weight excluding hydrogens is 314 g/mol. The van der Waals surface area contributed by atoms with Crippen molar-refractivity contribution in [2.75, 3.05) is 5.32 Å². The molecule has 2 heterocycles. The van der Waals surface area contributed by atoms with Crippen LogP contribution >= 0.6 is 11.3 Å². The molecule has 0 spiro atoms. The van der Waals surface area contributed by atoms with Crippen molar-refractivity contribution in [1.29, 1.82) is 0 Å². The summed E-state index contributed by atoms with van der Waals surface area (Å²) in [5, 5.41) is 6.69. The van der Waals surface area contributed by atoms with E-state index in [1.54, 1.807) is 17.7 Å². The van der Waals surface area contributed by atoms with Crippen LogP contribution in [0, 0.1) is 13.8 Å². The number of hydrogen-bond donors (Lipinski definition) is 1. The molecule has 0 saturated heterocycles. The van der Waals surface area contributed by atoms with Gasteiger partial charge in [0.2, 0.25) is 0 Å². The van der Waals surface area contributed by atoms with Crippen molar-refractivity contribution in [2.24, 2.45) is 0 Å². The molecule has 4 aromatic rings. The van der Waals surface area contributed by atoms with E-state index in [1.165, 1.54) is 22.3 Å². The fraction of sp³-hybridized carbons (Fsp3) is 0.100. The second-order valence-electron chi connectivity index (χ2n) is 5.86. The smallest absolute Gasteiger partial charge is 0.143 e. The number of fused-ring (bicyclic) bond motifs is 1. The Morgan fingerprint density at radius 2 is 1.75 bits per heavy atom. The molecule has 0 fully saturated rings. The highest BCUT2D eigenvalue weighted by atomic mass is 32.1. The summed E-state index contributed by atoms with van der Waals surface area (Å²) >= 11 is 1.66. The number of hydrogen-bond acceptors (Lipinski definition) is 4. The third kappa shape index (κ3) is 2.65. The molecule has 0 aliphatic heterocycles. The van der Waals surface area contributed by atoms with Gasteiger partial charge in [-0.1, -0.05) is 42.0 Å². The Hall–Kier alpha value is -2.72. The number of rotatable bonds is 3. The van der Waals surface area contributed by atoms with Crippen LogP contribution in [-0.2, 0) is 0 Å². The van der Waals surface area contributed by atoms with E-state index in [4.69, 9.17) is 0 Å². The van der Waals surface area contributed by atoms with Crippen LogP contribution in [0.2, 0.25) is 0 Å². The molecule has 0 saturated carbocycles. The molecule has 0 aliphatic carbocycles. The summed E-state index contributed by atoms with van der Waals surface area (Å²) in [5.41, 5.74) is 5.98. The van der Waals surface area contributed by atoms with Gasteiger partial charge in [-0.15, -0.1) is 11.3 Å². The molecule has 0 radical (unpaired) electrons. The van der Waals surface area contributed by atoms with Gasteiger partial charge in [0.25, 0.3) is 0 Å². The average molecular weight is 331 g/mol. The lowest BCUT2D eigenvalue weighted by Crippen LogP contribution is -1.95. The molecule has 0 amide bonds. The summed E-state index contributed by atoms with van der Waals surface area (Å²) in [5.74, 6) is 0.849. The Morgan fingerprint density at radius 3 is 2.54 bits per heavy atom. The lowest BCUT2D eigenvalue weighted by molar-refractivity contribution is 1.23. The van der Waals surface area contributed by atoms with Crippen molar-refractivity contribution >= 4 is 33.1 Å². The normalized spacial score (nSPS) is 10.9. The van der Waals surface area contributed by atoms with Gasteiger partial charge in [-0.3, -0.25) is 0 Å². The second-order valence-corrected chi connectivity index (χ2v) is 6.72. The fourth-order valence-corrected chi connectivity index (χ4v) is 3.85. The van der Waals surface area contributed by atoms with Crippen LogP contribution in [0.1, 0.15) is 11.1 Å². The van der Waals surface area contributed by atoms with Crippen molar-refractivity contribution < 1.29 is 0 Å². The molecule has 0 aliphatic rings. The second kappa shape index (κ2) is 6.06. The predicted molar refractivity (Wildman–Crippen MR) is 102 cm³/mol. The van der Waals surface area contributed by atoms with Crippen molar-refractivity contribution in [3.8, 4) is 11.1 Å². The Morgan fingerprint density at radius 1 is 0.917 bits per heavy atom. The summed E-state index contributed by atoms with van der Waals surface area (Å²) < 4.78 is 0. The minimum absolute atomic E-state index is 0.849. The Bertz CT molecular complexity index is 1010. The molecule has 3 nitrogen and oxygen atoms in total. The zero-order valence-electron chi connectivity index (χ0n) is 13.6. The summed E-state index contributed by atoms with van der Waals surface area (Å²) in [6, 6.07) is 16.7. The number of benzene rings is 2. The van der Waals surface area contributed by atoms with E-state index in [0.29, 0.717) is 0 Å². The highest BCUT2D eigenvalue weighted by Gasteiger charge is 2.14. The van der Waals surface area contributed by atoms with Gasteiger partial charge in [-0.25, -0.2) is 9.97 Å². The molecular formula is C20H17N3S. The maximum absolute atomic E-state index is 4.49. The summed E-state index contributed by atoms with van der Waals surface area (Å²) in [6.07, 6.45) is 1.62. The number of thiophene rings is 1. The quantitative estimate of drug-likeness (QED) is 0.522. The van der Waals surface area contributed by atoms with E-state index in [9.17, 15) is 0 Å². The third-order valence-corrected chi connectivity index (χ3v) is 4.97. The van der Waals surface area contributed by atoms with Gasteiger partial charge in [-0.2, -0.15) is 0 Å². The molecule has 0 atom stereocenters. The Balaban J connectivity index is 1.88. The van der Waals surface area contributed by atoms with Gasteiger partial charge >= 0.3 is 0 Å². The van der Waals surface area contributed by atoms with Crippen LogP contribution in [-0.4, -0.2) is 9.97 Å². The first-order chi connectivity index (χ1) is 11.7. The maximum atomic E-state index is 4.49. The van der Waals surface area contributed by atoms with Gasteiger partial charge in [0.1, 0.15) is 17.0 Å². The van der Waals surface area contributed by atoms with Gasteiger partial charge in [0.15, 0.2) is 0 Å². The van der Waals surface area contributed by atoms with Crippen LogP contribution in [0.15, 0.2) is 60.2 Å². The topological polar surface area (TPSA) is 37.8 Å². The van der Waals surface area contributed by atoms with Crippen LogP contribution < -0.4 is 5.32 Å². The van der Waals surface area contributed by atoms with Gasteiger partial charge in [0.05, 0.1) is 5.39 Å². The van der Waals surface area contributed by atoms with Crippen molar-refractivity contribution in [3.05, 3.63) is 71.4 Å². The fourth-order valence-electron chi connectivity index (χ4n) is 2.94. The minimum Gasteiger partial charge on any atom is -0.340 e. The lowest BCUT2D eigenvalue weighted by Gasteiger charge is -2.10. The number of aryl methyl sites for hydroxylation is 2. The van der Waals surface area contributed by atoms with Crippen molar-refractivity contribution in [2.45, 2.75) is 13.8 Å². The monoisotopic (exact) mass is 331 g/mol. The molecule has 0 bridgehead atoms. The predicted octanol–water partition coefficient (Wildman–Crippen LogP) is 5.72. The van der Waals surface area contributed by atoms with Crippen molar-refractivity contribution in [3.63, 3.8) is 0 Å². The molecule has 24 heavy (non-hydrogen) atoms. The first-order valence-corrected chi connectivity index (χ1v) is 8.72. The molecule has 118 valence electrons. The van der Waals surface area contributed by atoms with E-state index >= 15 is 0 Å². The lowest BCUT2D eigenvalue weighted by atomic mass is 9.99. The summed E-state index contributed by atoms with van der Waals surface area (Å²) in [4.78, 5) is 9.94. The SMILES string of the molecule is Cc1ccc(-c2csc3ncnc(Nc4ccccc4)c23)c(C)c1. The summed E-state index contributed by atoms with van der Waals surface area (Å²) in [6.45, 7) is 4.27. The molecule has 4 rings (SSSR count). The number of nitrogens with one attached hydrogen (secondary N) is 1. The van der Waals surface area contributed by atoms with Gasteiger partial charge < -0.3 is 5.32 Å². The minimum atomic E-state index is 0.849.